The minimum absolute atomic E-state index is 0.000495. The number of nitrogens with zero attached hydrogens (tertiary/aromatic N) is 2. The molecule has 1 N–H and O–H groups in total. The van der Waals surface area contributed by atoms with E-state index < -0.39 is 0 Å². The van der Waals surface area contributed by atoms with E-state index in [0.29, 0.717) is 16.3 Å². The number of fused-ring (bicyclic) bond motifs is 2. The van der Waals surface area contributed by atoms with E-state index in [0.717, 1.165) is 16.6 Å². The molecule has 4 aromatic rings. The van der Waals surface area contributed by atoms with Crippen LogP contribution in [-0.2, 0) is 0 Å². The number of aromatic amines is 1. The summed E-state index contributed by atoms with van der Waals surface area (Å²) in [4.78, 5) is 17.2. The van der Waals surface area contributed by atoms with Crippen LogP contribution in [0.15, 0.2) is 65.7 Å². The van der Waals surface area contributed by atoms with Crippen molar-refractivity contribution in [1.29, 1.82) is 0 Å². The Hall–Kier alpha value is -3.01. The number of hydrogen-bond acceptors (Lipinski definition) is 3. The minimum Gasteiger partial charge on any atom is -0.289 e. The molecule has 2 aromatic carbocycles. The topological polar surface area (TPSA) is 58.6 Å². The first-order chi connectivity index (χ1) is 10.3. The second kappa shape index (κ2) is 4.52. The van der Waals surface area contributed by atoms with Crippen molar-refractivity contribution >= 4 is 21.7 Å². The molecule has 0 aliphatic carbocycles. The average molecular weight is 273 g/mol. The summed E-state index contributed by atoms with van der Waals surface area (Å²) < 4.78 is 0. The molecule has 0 fully saturated rings. The first-order valence-corrected chi connectivity index (χ1v) is 6.64. The zero-order valence-electron chi connectivity index (χ0n) is 11.1. The molecule has 4 heteroatoms. The van der Waals surface area contributed by atoms with E-state index in [1.165, 1.54) is 0 Å². The van der Waals surface area contributed by atoms with Crippen LogP contribution in [0.3, 0.4) is 0 Å². The van der Waals surface area contributed by atoms with Crippen LogP contribution in [0.5, 0.6) is 0 Å². The highest BCUT2D eigenvalue weighted by molar-refractivity contribution is 5.92. The summed E-state index contributed by atoms with van der Waals surface area (Å²) in [5.41, 5.74) is 2.39. The van der Waals surface area contributed by atoms with Crippen molar-refractivity contribution in [2.45, 2.75) is 0 Å². The zero-order chi connectivity index (χ0) is 14.2. The predicted octanol–water partition coefficient (Wildman–Crippen LogP) is 3.14. The molecular formula is C17H11N3O. The summed E-state index contributed by atoms with van der Waals surface area (Å²) in [5, 5.41) is 9.06. The van der Waals surface area contributed by atoms with E-state index in [1.807, 2.05) is 48.5 Å². The second-order valence-electron chi connectivity index (χ2n) is 4.88. The Morgan fingerprint density at radius 3 is 2.71 bits per heavy atom. The van der Waals surface area contributed by atoms with Gasteiger partial charge in [0, 0.05) is 28.7 Å². The largest absolute Gasteiger partial charge is 0.289 e. The number of benzene rings is 1. The molecule has 21 heavy (non-hydrogen) atoms. The van der Waals surface area contributed by atoms with Gasteiger partial charge in [0.25, 0.3) is 0 Å². The monoisotopic (exact) mass is 273 g/mol. The van der Waals surface area contributed by atoms with E-state index in [1.54, 1.807) is 12.4 Å². The SMILES string of the molecule is O=c1c2ccccc2ccc2ncc(-c3ccn[nH]3)cc12. The van der Waals surface area contributed by atoms with Gasteiger partial charge in [0.15, 0.2) is 5.43 Å². The quantitative estimate of drug-likeness (QED) is 0.579. The van der Waals surface area contributed by atoms with Crippen LogP contribution < -0.4 is 5.43 Å². The highest BCUT2D eigenvalue weighted by atomic mass is 16.1. The third kappa shape index (κ3) is 1.89. The Labute approximate surface area is 120 Å². The lowest BCUT2D eigenvalue weighted by molar-refractivity contribution is 1.09. The van der Waals surface area contributed by atoms with Gasteiger partial charge >= 0.3 is 0 Å². The third-order valence-electron chi connectivity index (χ3n) is 3.60. The van der Waals surface area contributed by atoms with Gasteiger partial charge in [-0.25, -0.2) is 0 Å². The van der Waals surface area contributed by atoms with Crippen LogP contribution in [0.4, 0.5) is 0 Å². The van der Waals surface area contributed by atoms with Crippen molar-refractivity contribution in [3.63, 3.8) is 0 Å². The second-order valence-corrected chi connectivity index (χ2v) is 4.88. The van der Waals surface area contributed by atoms with Crippen molar-refractivity contribution < 1.29 is 0 Å². The van der Waals surface area contributed by atoms with E-state index in [9.17, 15) is 4.79 Å². The van der Waals surface area contributed by atoms with Crippen LogP contribution in [0, 0.1) is 0 Å². The summed E-state index contributed by atoms with van der Waals surface area (Å²) >= 11 is 0. The maximum absolute atomic E-state index is 12.7. The fourth-order valence-corrected chi connectivity index (χ4v) is 2.52. The van der Waals surface area contributed by atoms with Crippen LogP contribution in [-0.4, -0.2) is 15.2 Å². The molecular weight excluding hydrogens is 262 g/mol. The molecule has 0 spiro atoms. The normalized spacial score (nSPS) is 11.0. The van der Waals surface area contributed by atoms with Gasteiger partial charge in [-0.15, -0.1) is 0 Å². The van der Waals surface area contributed by atoms with E-state index in [4.69, 9.17) is 0 Å². The number of H-pyrrole nitrogens is 1. The van der Waals surface area contributed by atoms with Gasteiger partial charge in [0.1, 0.15) is 0 Å². The Balaban J connectivity index is 2.13. The minimum atomic E-state index is -0.000495. The molecule has 2 aromatic heterocycles. The van der Waals surface area contributed by atoms with Crippen molar-refractivity contribution in [2.24, 2.45) is 0 Å². The van der Waals surface area contributed by atoms with Crippen LogP contribution in [0.1, 0.15) is 0 Å². The first-order valence-electron chi connectivity index (χ1n) is 6.64. The molecule has 4 nitrogen and oxygen atoms in total. The number of hydrogen-bond donors (Lipinski definition) is 1. The van der Waals surface area contributed by atoms with Gasteiger partial charge in [-0.1, -0.05) is 30.3 Å². The van der Waals surface area contributed by atoms with Gasteiger partial charge in [-0.05, 0) is 23.6 Å². The van der Waals surface area contributed by atoms with Gasteiger partial charge in [-0.2, -0.15) is 5.10 Å². The molecule has 4 rings (SSSR count). The highest BCUT2D eigenvalue weighted by Crippen LogP contribution is 2.20. The number of rotatable bonds is 1. The highest BCUT2D eigenvalue weighted by Gasteiger charge is 2.06. The lowest BCUT2D eigenvalue weighted by Gasteiger charge is -1.98. The van der Waals surface area contributed by atoms with Crippen molar-refractivity contribution in [1.82, 2.24) is 15.2 Å². The number of aromatic nitrogens is 3. The van der Waals surface area contributed by atoms with Gasteiger partial charge in [0.05, 0.1) is 11.2 Å². The fraction of sp³-hybridized carbons (Fsp3) is 0. The Morgan fingerprint density at radius 1 is 0.952 bits per heavy atom. The number of pyridine rings is 1. The molecule has 0 radical (unpaired) electrons. The van der Waals surface area contributed by atoms with Crippen molar-refractivity contribution in [2.75, 3.05) is 0 Å². The first kappa shape index (κ1) is 11.8. The smallest absolute Gasteiger partial charge is 0.195 e. The fourth-order valence-electron chi connectivity index (χ4n) is 2.52. The predicted molar refractivity (Wildman–Crippen MR) is 83.1 cm³/mol. The molecule has 0 amide bonds. The average Bonchev–Trinajstić information content (AvgIpc) is 3.02. The van der Waals surface area contributed by atoms with Gasteiger partial charge in [0.2, 0.25) is 0 Å². The lowest BCUT2D eigenvalue weighted by Crippen LogP contribution is -1.99. The molecule has 0 saturated heterocycles. The van der Waals surface area contributed by atoms with Crippen LogP contribution in [0.25, 0.3) is 32.9 Å². The molecule has 0 aliphatic heterocycles. The van der Waals surface area contributed by atoms with Crippen molar-refractivity contribution in [3.8, 4) is 11.3 Å². The third-order valence-corrected chi connectivity index (χ3v) is 3.60. The van der Waals surface area contributed by atoms with E-state index >= 15 is 0 Å². The van der Waals surface area contributed by atoms with Gasteiger partial charge in [-0.3, -0.25) is 14.9 Å². The summed E-state index contributed by atoms with van der Waals surface area (Å²) in [5.74, 6) is 0. The van der Waals surface area contributed by atoms with Crippen molar-refractivity contribution in [3.05, 3.63) is 71.1 Å². The summed E-state index contributed by atoms with van der Waals surface area (Å²) in [6, 6.07) is 15.1. The standard InChI is InChI=1S/C17H11N3O/c21-17-13-4-2-1-3-11(13)5-6-16-14(17)9-12(10-18-16)15-7-8-19-20-15/h1-10H,(H,19,20). The molecule has 2 heterocycles. The molecule has 0 atom stereocenters. The maximum atomic E-state index is 12.7. The summed E-state index contributed by atoms with van der Waals surface area (Å²) in [7, 11) is 0. The summed E-state index contributed by atoms with van der Waals surface area (Å²) in [6.45, 7) is 0. The Bertz CT molecular complexity index is 1010. The molecule has 0 saturated carbocycles. The zero-order valence-corrected chi connectivity index (χ0v) is 11.1. The van der Waals surface area contributed by atoms with Crippen LogP contribution in [0.2, 0.25) is 0 Å². The molecule has 0 aliphatic rings. The Morgan fingerprint density at radius 2 is 1.86 bits per heavy atom. The number of nitrogens with one attached hydrogen (secondary N) is 1. The Kier molecular flexibility index (Phi) is 2.54. The molecule has 0 bridgehead atoms. The van der Waals surface area contributed by atoms with E-state index in [2.05, 4.69) is 15.2 Å². The van der Waals surface area contributed by atoms with Crippen LogP contribution >= 0.6 is 0 Å². The lowest BCUT2D eigenvalue weighted by atomic mass is 10.1. The van der Waals surface area contributed by atoms with E-state index in [-0.39, 0.29) is 5.43 Å². The molecule has 100 valence electrons. The van der Waals surface area contributed by atoms with Gasteiger partial charge < -0.3 is 0 Å². The summed E-state index contributed by atoms with van der Waals surface area (Å²) in [6.07, 6.45) is 3.43. The maximum Gasteiger partial charge on any atom is 0.195 e. The molecule has 0 unspecified atom stereocenters.